The maximum Gasteiger partial charge on any atom is 0.266 e. The Hall–Kier alpha value is -3.97. The number of ether oxygens (including phenoxy) is 1. The summed E-state index contributed by atoms with van der Waals surface area (Å²) in [5.41, 5.74) is 2.70. The fourth-order valence-corrected chi connectivity index (χ4v) is 4.53. The van der Waals surface area contributed by atoms with Crippen molar-refractivity contribution in [2.45, 2.75) is 19.4 Å². The average Bonchev–Trinajstić information content (AvgIpc) is 2.89. The first kappa shape index (κ1) is 24.2. The molecule has 0 spiro atoms. The zero-order chi connectivity index (χ0) is 24.5. The summed E-state index contributed by atoms with van der Waals surface area (Å²) >= 11 is 1.23. The Kier molecular flexibility index (Phi) is 8.25. The van der Waals surface area contributed by atoms with Gasteiger partial charge in [0.05, 0.1) is 7.11 Å². The van der Waals surface area contributed by atoms with Crippen molar-refractivity contribution in [1.82, 2.24) is 4.57 Å². The first-order chi connectivity index (χ1) is 17.1. The van der Waals surface area contributed by atoms with Crippen LogP contribution in [0.2, 0.25) is 0 Å². The fourth-order valence-electron chi connectivity index (χ4n) is 3.58. The first-order valence-electron chi connectivity index (χ1n) is 11.4. The molecule has 0 aliphatic rings. The monoisotopic (exact) mass is 485 g/mol. The van der Waals surface area contributed by atoms with E-state index < -0.39 is 0 Å². The van der Waals surface area contributed by atoms with Crippen LogP contribution >= 0.6 is 11.3 Å². The van der Waals surface area contributed by atoms with Gasteiger partial charge in [-0.25, -0.2) is 0 Å². The minimum absolute atomic E-state index is 0.238. The van der Waals surface area contributed by atoms with E-state index in [0.717, 1.165) is 12.0 Å². The third-order valence-corrected chi connectivity index (χ3v) is 6.54. The van der Waals surface area contributed by atoms with E-state index in [9.17, 15) is 9.59 Å². The molecule has 0 bridgehead atoms. The van der Waals surface area contributed by atoms with Gasteiger partial charge in [-0.3, -0.25) is 19.1 Å². The van der Waals surface area contributed by atoms with Gasteiger partial charge in [0.15, 0.2) is 4.80 Å². The van der Waals surface area contributed by atoms with Gasteiger partial charge in [-0.2, -0.15) is 0 Å². The molecule has 0 unspecified atom stereocenters. The van der Waals surface area contributed by atoms with Gasteiger partial charge in [0.2, 0.25) is 0 Å². The Morgan fingerprint density at radius 2 is 1.54 bits per heavy atom. The van der Waals surface area contributed by atoms with Gasteiger partial charge in [0, 0.05) is 24.8 Å². The highest BCUT2D eigenvalue weighted by Gasteiger charge is 2.12. The van der Waals surface area contributed by atoms with Crippen molar-refractivity contribution in [1.29, 1.82) is 0 Å². The SMILES string of the molecule is COc1ccc(NC(=O)c2cc(=O)n(CCc3ccccc3)c(=NCCc3ccccc3)s2)cc1. The van der Waals surface area contributed by atoms with E-state index >= 15 is 0 Å². The van der Waals surface area contributed by atoms with Crippen LogP contribution in [0.3, 0.4) is 0 Å². The van der Waals surface area contributed by atoms with Gasteiger partial charge in [-0.1, -0.05) is 72.0 Å². The molecule has 35 heavy (non-hydrogen) atoms. The van der Waals surface area contributed by atoms with Gasteiger partial charge >= 0.3 is 0 Å². The van der Waals surface area contributed by atoms with Crippen LogP contribution in [0.25, 0.3) is 0 Å². The Balaban J connectivity index is 1.60. The molecule has 0 saturated heterocycles. The highest BCUT2D eigenvalue weighted by Crippen LogP contribution is 2.16. The van der Waals surface area contributed by atoms with Crippen LogP contribution in [0.4, 0.5) is 5.69 Å². The van der Waals surface area contributed by atoms with Crippen molar-refractivity contribution in [2.75, 3.05) is 19.0 Å². The largest absolute Gasteiger partial charge is 0.497 e. The van der Waals surface area contributed by atoms with Gasteiger partial charge in [-0.15, -0.1) is 0 Å². The van der Waals surface area contributed by atoms with Gasteiger partial charge in [0.1, 0.15) is 10.6 Å². The van der Waals surface area contributed by atoms with Crippen LogP contribution in [0.5, 0.6) is 5.75 Å². The lowest BCUT2D eigenvalue weighted by atomic mass is 10.1. The Bertz CT molecular complexity index is 1380. The van der Waals surface area contributed by atoms with Crippen molar-refractivity contribution in [2.24, 2.45) is 4.99 Å². The standard InChI is InChI=1S/C28H27N3O3S/c1-34-24-14-12-23(13-15-24)30-27(33)25-20-26(32)31(19-17-22-10-6-3-7-11-22)28(35-25)29-18-16-21-8-4-2-5-9-21/h2-15,20H,16-19H2,1H3,(H,30,33). The summed E-state index contributed by atoms with van der Waals surface area (Å²) in [6.07, 6.45) is 1.45. The number of nitrogens with zero attached hydrogens (tertiary/aromatic N) is 2. The normalized spacial score (nSPS) is 11.3. The van der Waals surface area contributed by atoms with E-state index in [2.05, 4.69) is 17.4 Å². The van der Waals surface area contributed by atoms with Crippen molar-refractivity contribution in [3.05, 3.63) is 122 Å². The summed E-state index contributed by atoms with van der Waals surface area (Å²) in [6.45, 7) is 1.01. The summed E-state index contributed by atoms with van der Waals surface area (Å²) in [5.74, 6) is 0.360. The van der Waals surface area contributed by atoms with E-state index in [4.69, 9.17) is 9.73 Å². The number of aryl methyl sites for hydroxylation is 1. The van der Waals surface area contributed by atoms with Crippen LogP contribution in [0, 0.1) is 0 Å². The number of amides is 1. The molecule has 1 aromatic heterocycles. The summed E-state index contributed by atoms with van der Waals surface area (Å²) in [5, 5.41) is 2.85. The number of hydrogen-bond donors (Lipinski definition) is 1. The maximum atomic E-state index is 13.1. The molecule has 0 aliphatic heterocycles. The molecule has 6 nitrogen and oxygen atoms in total. The quantitative estimate of drug-likeness (QED) is 0.378. The lowest BCUT2D eigenvalue weighted by Crippen LogP contribution is -2.34. The molecule has 1 N–H and O–H groups in total. The van der Waals surface area contributed by atoms with Crippen LogP contribution < -0.4 is 20.4 Å². The summed E-state index contributed by atoms with van der Waals surface area (Å²) in [6, 6.07) is 28.6. The zero-order valence-corrected chi connectivity index (χ0v) is 20.3. The van der Waals surface area contributed by atoms with Gasteiger partial charge in [0.25, 0.3) is 11.5 Å². The smallest absolute Gasteiger partial charge is 0.266 e. The molecule has 0 radical (unpaired) electrons. The lowest BCUT2D eigenvalue weighted by molar-refractivity contribution is 0.103. The van der Waals surface area contributed by atoms with E-state index in [1.54, 1.807) is 35.9 Å². The number of rotatable bonds is 9. The zero-order valence-electron chi connectivity index (χ0n) is 19.5. The first-order valence-corrected chi connectivity index (χ1v) is 12.2. The number of carbonyl (C=O) groups excluding carboxylic acids is 1. The number of hydrogen-bond acceptors (Lipinski definition) is 5. The summed E-state index contributed by atoms with van der Waals surface area (Å²) in [7, 11) is 1.59. The molecule has 4 aromatic rings. The maximum absolute atomic E-state index is 13.1. The molecule has 3 aromatic carbocycles. The predicted octanol–water partition coefficient (Wildman–Crippen LogP) is 4.56. The molecule has 0 aliphatic carbocycles. The van der Waals surface area contributed by atoms with Crippen LogP contribution in [-0.2, 0) is 19.4 Å². The molecule has 0 saturated carbocycles. The third kappa shape index (κ3) is 6.77. The van der Waals surface area contributed by atoms with Crippen LogP contribution in [-0.4, -0.2) is 24.1 Å². The second kappa shape index (κ2) is 11.9. The van der Waals surface area contributed by atoms with Crippen molar-refractivity contribution in [3.8, 4) is 5.75 Å². The van der Waals surface area contributed by atoms with Crippen LogP contribution in [0.1, 0.15) is 20.8 Å². The number of anilines is 1. The number of benzene rings is 3. The van der Waals surface area contributed by atoms with E-state index in [0.29, 0.717) is 40.6 Å². The van der Waals surface area contributed by atoms with Crippen molar-refractivity contribution < 1.29 is 9.53 Å². The molecule has 1 amide bonds. The number of nitrogens with one attached hydrogen (secondary N) is 1. The van der Waals surface area contributed by atoms with Gasteiger partial charge in [-0.05, 0) is 48.2 Å². The van der Waals surface area contributed by atoms with Crippen molar-refractivity contribution in [3.63, 3.8) is 0 Å². The minimum atomic E-state index is -0.341. The Morgan fingerprint density at radius 1 is 0.914 bits per heavy atom. The number of aromatic nitrogens is 1. The molecular weight excluding hydrogens is 458 g/mol. The summed E-state index contributed by atoms with van der Waals surface area (Å²) < 4.78 is 6.82. The molecule has 1 heterocycles. The van der Waals surface area contributed by atoms with Crippen LogP contribution in [0.15, 0.2) is 101 Å². The summed E-state index contributed by atoms with van der Waals surface area (Å²) in [4.78, 5) is 31.6. The highest BCUT2D eigenvalue weighted by molar-refractivity contribution is 7.11. The van der Waals surface area contributed by atoms with E-state index in [1.165, 1.54) is 23.0 Å². The highest BCUT2D eigenvalue weighted by atomic mass is 32.1. The average molecular weight is 486 g/mol. The number of carbonyl (C=O) groups is 1. The molecule has 4 rings (SSSR count). The Labute approximate surface area is 208 Å². The van der Waals surface area contributed by atoms with Gasteiger partial charge < -0.3 is 10.1 Å². The second-order valence-corrected chi connectivity index (χ2v) is 8.93. The lowest BCUT2D eigenvalue weighted by Gasteiger charge is -2.10. The molecule has 178 valence electrons. The fraction of sp³-hybridized carbons (Fsp3) is 0.179. The Morgan fingerprint density at radius 3 is 2.17 bits per heavy atom. The molecular formula is C28H27N3O3S. The van der Waals surface area contributed by atoms with Crippen molar-refractivity contribution >= 4 is 22.9 Å². The molecule has 7 heteroatoms. The number of methoxy groups -OCH3 is 1. The topological polar surface area (TPSA) is 72.7 Å². The molecule has 0 fully saturated rings. The third-order valence-electron chi connectivity index (χ3n) is 5.48. The second-order valence-electron chi connectivity index (χ2n) is 7.92. The minimum Gasteiger partial charge on any atom is -0.497 e. The molecule has 0 atom stereocenters. The van der Waals surface area contributed by atoms with E-state index in [-0.39, 0.29) is 11.5 Å². The van der Waals surface area contributed by atoms with E-state index in [1.807, 2.05) is 48.5 Å². The predicted molar refractivity (Wildman–Crippen MR) is 140 cm³/mol.